The summed E-state index contributed by atoms with van der Waals surface area (Å²) in [5.74, 6) is -0.401. The summed E-state index contributed by atoms with van der Waals surface area (Å²) < 4.78 is 1.47. The summed E-state index contributed by atoms with van der Waals surface area (Å²) in [6, 6.07) is -0.804. The first-order valence-corrected chi connectivity index (χ1v) is 5.77. The average molecular weight is 279 g/mol. The molecular weight excluding hydrogens is 266 g/mol. The second kappa shape index (κ2) is 4.79. The molecule has 2 rings (SSSR count). The fourth-order valence-corrected chi connectivity index (χ4v) is 1.55. The summed E-state index contributed by atoms with van der Waals surface area (Å²) in [7, 11) is 0. The third-order valence-corrected chi connectivity index (χ3v) is 2.28. The minimum Gasteiger partial charge on any atom is -0.390 e. The third kappa shape index (κ3) is 2.84. The zero-order valence-corrected chi connectivity index (χ0v) is 11.2. The first kappa shape index (κ1) is 13.8. The lowest BCUT2D eigenvalue weighted by atomic mass is 9.92. The van der Waals surface area contributed by atoms with Gasteiger partial charge in [-0.3, -0.25) is 0 Å². The van der Waals surface area contributed by atoms with Crippen molar-refractivity contribution in [2.45, 2.75) is 27.2 Å². The number of hydrogen-bond acceptors (Lipinski definition) is 7. The summed E-state index contributed by atoms with van der Waals surface area (Å²) in [5.41, 5.74) is -0.156. The lowest BCUT2D eigenvalue weighted by Gasteiger charge is -2.13. The summed E-state index contributed by atoms with van der Waals surface area (Å²) in [6.07, 6.45) is 2.69. The van der Waals surface area contributed by atoms with Crippen LogP contribution in [0.2, 0.25) is 0 Å². The number of carbonyl (C=O) groups excluding carboxylic acids is 1. The van der Waals surface area contributed by atoms with Crippen molar-refractivity contribution in [3.8, 4) is 0 Å². The summed E-state index contributed by atoms with van der Waals surface area (Å²) >= 11 is 0. The SMILES string of the molecule is CC(C)(C)Cc1nc([N+](=O)[O-])n(C(=O)n2cncn2)n1. The molecule has 0 atom stereocenters. The van der Waals surface area contributed by atoms with E-state index in [0.29, 0.717) is 11.1 Å². The van der Waals surface area contributed by atoms with E-state index in [-0.39, 0.29) is 11.2 Å². The van der Waals surface area contributed by atoms with Gasteiger partial charge in [-0.2, -0.15) is 4.68 Å². The zero-order chi connectivity index (χ0) is 14.9. The van der Waals surface area contributed by atoms with Crippen molar-refractivity contribution < 1.29 is 9.72 Å². The Bertz CT molecular complexity index is 638. The van der Waals surface area contributed by atoms with Gasteiger partial charge in [-0.15, -0.1) is 5.10 Å². The number of aromatic nitrogens is 6. The summed E-state index contributed by atoms with van der Waals surface area (Å²) in [4.78, 5) is 29.6. The Hall–Kier alpha value is -2.65. The van der Waals surface area contributed by atoms with Crippen LogP contribution in [0.3, 0.4) is 0 Å². The maximum absolute atomic E-state index is 12.0. The third-order valence-electron chi connectivity index (χ3n) is 2.28. The van der Waals surface area contributed by atoms with Crippen molar-refractivity contribution in [3.05, 3.63) is 28.6 Å². The highest BCUT2D eigenvalue weighted by Gasteiger charge is 2.30. The molecule has 106 valence electrons. The molecule has 0 bridgehead atoms. The van der Waals surface area contributed by atoms with E-state index in [0.717, 1.165) is 17.3 Å². The van der Waals surface area contributed by atoms with E-state index in [1.54, 1.807) is 0 Å². The van der Waals surface area contributed by atoms with E-state index in [1.165, 1.54) is 0 Å². The molecule has 20 heavy (non-hydrogen) atoms. The van der Waals surface area contributed by atoms with Crippen LogP contribution < -0.4 is 0 Å². The highest BCUT2D eigenvalue weighted by atomic mass is 16.6. The molecule has 0 aliphatic rings. The van der Waals surface area contributed by atoms with Crippen molar-refractivity contribution in [1.82, 2.24) is 29.5 Å². The predicted octanol–water partition coefficient (Wildman–Crippen LogP) is 0.883. The molecule has 0 amide bonds. The van der Waals surface area contributed by atoms with E-state index in [9.17, 15) is 14.9 Å². The van der Waals surface area contributed by atoms with E-state index >= 15 is 0 Å². The molecule has 0 aliphatic heterocycles. The van der Waals surface area contributed by atoms with Gasteiger partial charge in [0.2, 0.25) is 5.82 Å². The molecule has 0 aliphatic carbocycles. The number of carbonyl (C=O) groups is 1. The highest BCUT2D eigenvalue weighted by Crippen LogP contribution is 2.20. The molecule has 0 fully saturated rings. The highest BCUT2D eigenvalue weighted by molar-refractivity contribution is 5.78. The van der Waals surface area contributed by atoms with Gasteiger partial charge >= 0.3 is 12.0 Å². The molecule has 2 aromatic rings. The maximum atomic E-state index is 12.0. The predicted molar refractivity (Wildman–Crippen MR) is 66.0 cm³/mol. The van der Waals surface area contributed by atoms with E-state index in [2.05, 4.69) is 20.2 Å². The molecule has 0 unspecified atom stereocenters. The molecule has 2 aromatic heterocycles. The molecule has 0 radical (unpaired) electrons. The van der Waals surface area contributed by atoms with Crippen molar-refractivity contribution in [3.63, 3.8) is 0 Å². The molecule has 10 nitrogen and oxygen atoms in total. The second-order valence-corrected chi connectivity index (χ2v) is 5.36. The van der Waals surface area contributed by atoms with Crippen LogP contribution in [0.4, 0.5) is 10.7 Å². The maximum Gasteiger partial charge on any atom is 0.465 e. The van der Waals surface area contributed by atoms with Crippen molar-refractivity contribution in [1.29, 1.82) is 0 Å². The Morgan fingerprint density at radius 3 is 2.65 bits per heavy atom. The topological polar surface area (TPSA) is 122 Å². The fraction of sp³-hybridized carbons (Fsp3) is 0.500. The second-order valence-electron chi connectivity index (χ2n) is 5.36. The van der Waals surface area contributed by atoms with Gasteiger partial charge in [0.1, 0.15) is 12.7 Å². The largest absolute Gasteiger partial charge is 0.465 e. The van der Waals surface area contributed by atoms with Crippen molar-refractivity contribution >= 4 is 12.0 Å². The zero-order valence-electron chi connectivity index (χ0n) is 11.2. The minimum absolute atomic E-state index is 0.156. The number of nitrogens with zero attached hydrogens (tertiary/aromatic N) is 7. The Kier molecular flexibility index (Phi) is 3.30. The van der Waals surface area contributed by atoms with Crippen molar-refractivity contribution in [2.24, 2.45) is 5.41 Å². The van der Waals surface area contributed by atoms with Gasteiger partial charge in [0, 0.05) is 6.42 Å². The van der Waals surface area contributed by atoms with Crippen LogP contribution in [0.5, 0.6) is 0 Å². The molecule has 10 heteroatoms. The molecular formula is C10H13N7O3. The first-order chi connectivity index (χ1) is 9.28. The molecule has 2 heterocycles. The van der Waals surface area contributed by atoms with Gasteiger partial charge < -0.3 is 10.1 Å². The molecule has 0 spiro atoms. The molecule has 0 aromatic carbocycles. The summed E-state index contributed by atoms with van der Waals surface area (Å²) in [6.45, 7) is 5.83. The summed E-state index contributed by atoms with van der Waals surface area (Å²) in [5, 5.41) is 18.5. The monoisotopic (exact) mass is 279 g/mol. The fourth-order valence-electron chi connectivity index (χ4n) is 1.55. The molecule has 0 saturated heterocycles. The minimum atomic E-state index is -0.804. The Morgan fingerprint density at radius 2 is 2.15 bits per heavy atom. The van der Waals surface area contributed by atoms with Crippen LogP contribution in [0.1, 0.15) is 26.6 Å². The number of rotatable bonds is 2. The number of hydrogen-bond donors (Lipinski definition) is 0. The van der Waals surface area contributed by atoms with Gasteiger partial charge in [-0.25, -0.2) is 9.78 Å². The normalized spacial score (nSPS) is 11.6. The Morgan fingerprint density at radius 1 is 1.45 bits per heavy atom. The average Bonchev–Trinajstić information content (AvgIpc) is 2.93. The number of nitro groups is 1. The molecule has 0 N–H and O–H groups in total. The van der Waals surface area contributed by atoms with Crippen LogP contribution in [-0.4, -0.2) is 40.5 Å². The van der Waals surface area contributed by atoms with Crippen molar-refractivity contribution in [2.75, 3.05) is 0 Å². The lowest BCUT2D eigenvalue weighted by Crippen LogP contribution is -2.23. The van der Waals surface area contributed by atoms with E-state index in [1.807, 2.05) is 20.8 Å². The van der Waals surface area contributed by atoms with E-state index in [4.69, 9.17) is 0 Å². The smallest absolute Gasteiger partial charge is 0.390 e. The first-order valence-electron chi connectivity index (χ1n) is 5.77. The Labute approximate surface area is 113 Å². The van der Waals surface area contributed by atoms with Crippen LogP contribution in [0.25, 0.3) is 0 Å². The van der Waals surface area contributed by atoms with Crippen LogP contribution >= 0.6 is 0 Å². The van der Waals surface area contributed by atoms with Crippen LogP contribution in [0.15, 0.2) is 12.7 Å². The van der Waals surface area contributed by atoms with Gasteiger partial charge in [-0.05, 0) is 20.0 Å². The van der Waals surface area contributed by atoms with Gasteiger partial charge in [0.05, 0.1) is 0 Å². The molecule has 0 saturated carbocycles. The standard InChI is InChI=1S/C10H13N7O3/c1-10(2,3)4-7-13-8(17(19)20)16(14-7)9(18)15-6-11-5-12-15/h5-6H,4H2,1-3H3. The van der Waals surface area contributed by atoms with Crippen LogP contribution in [0, 0.1) is 15.5 Å². The quantitative estimate of drug-likeness (QED) is 0.590. The van der Waals surface area contributed by atoms with Crippen LogP contribution in [-0.2, 0) is 6.42 Å². The van der Waals surface area contributed by atoms with E-state index < -0.39 is 16.9 Å². The lowest BCUT2D eigenvalue weighted by molar-refractivity contribution is -0.395. The van der Waals surface area contributed by atoms with Gasteiger partial charge in [0.25, 0.3) is 0 Å². The van der Waals surface area contributed by atoms with Gasteiger partial charge in [-0.1, -0.05) is 25.9 Å². The Balaban J connectivity index is 2.41. The van der Waals surface area contributed by atoms with Gasteiger partial charge in [0.15, 0.2) is 0 Å².